The molecule has 0 N–H and O–H groups in total. The fraction of sp³-hybridized carbons (Fsp3) is 0.412. The van der Waals surface area contributed by atoms with Crippen LogP contribution in [0.3, 0.4) is 0 Å². The van der Waals surface area contributed by atoms with Gasteiger partial charge < -0.3 is 14.2 Å². The van der Waals surface area contributed by atoms with Gasteiger partial charge in [-0.1, -0.05) is 49.8 Å². The van der Waals surface area contributed by atoms with Crippen molar-refractivity contribution in [2.45, 2.75) is 76.9 Å². The molecule has 1 aliphatic carbocycles. The second-order valence-corrected chi connectivity index (χ2v) is 10.5. The Morgan fingerprint density at radius 3 is 2.22 bits per heavy atom. The molecule has 0 aromatic heterocycles. The fourth-order valence-corrected chi connectivity index (χ4v) is 5.12. The Hall–Kier alpha value is -3.32. The molecule has 0 atom stereocenters. The van der Waals surface area contributed by atoms with Crippen LogP contribution in [-0.4, -0.2) is 19.3 Å². The minimum Gasteiger partial charge on any atom is -0.494 e. The fourth-order valence-electron chi connectivity index (χ4n) is 5.12. The first-order valence-electron chi connectivity index (χ1n) is 14.5. The minimum atomic E-state index is -0.961. The Morgan fingerprint density at radius 1 is 0.780 bits per heavy atom. The van der Waals surface area contributed by atoms with Crippen LogP contribution in [0.15, 0.2) is 61.2 Å². The van der Waals surface area contributed by atoms with Gasteiger partial charge in [0.05, 0.1) is 25.9 Å². The predicted octanol–water partition coefficient (Wildman–Crippen LogP) is 9.68. The molecule has 0 unspecified atom stereocenters. The SMILES string of the molecule is C=CCCCOc1ccc(C2CCC(OCc3ccc(-c4ccc(OCCCC)cc4)c(F)c3F)CC2)c(F)c1F. The highest BCUT2D eigenvalue weighted by molar-refractivity contribution is 5.65. The van der Waals surface area contributed by atoms with E-state index in [1.54, 1.807) is 48.5 Å². The minimum absolute atomic E-state index is 0.0660. The molecule has 0 bridgehead atoms. The van der Waals surface area contributed by atoms with E-state index in [-0.39, 0.29) is 35.5 Å². The summed E-state index contributed by atoms with van der Waals surface area (Å²) in [7, 11) is 0. The van der Waals surface area contributed by atoms with Gasteiger partial charge in [-0.15, -0.1) is 6.58 Å². The average Bonchev–Trinajstić information content (AvgIpc) is 2.99. The zero-order chi connectivity index (χ0) is 29.2. The average molecular weight is 571 g/mol. The van der Waals surface area contributed by atoms with E-state index in [2.05, 4.69) is 13.5 Å². The molecule has 3 nitrogen and oxygen atoms in total. The Bertz CT molecular complexity index is 1280. The monoisotopic (exact) mass is 570 g/mol. The third-order valence-electron chi connectivity index (χ3n) is 7.57. The Morgan fingerprint density at radius 2 is 1.51 bits per heavy atom. The van der Waals surface area contributed by atoms with E-state index < -0.39 is 23.3 Å². The molecule has 220 valence electrons. The van der Waals surface area contributed by atoms with E-state index in [0.29, 0.717) is 62.2 Å². The number of ether oxygens (including phenoxy) is 3. The van der Waals surface area contributed by atoms with Gasteiger partial charge in [-0.3, -0.25) is 0 Å². The normalized spacial score (nSPS) is 16.9. The van der Waals surface area contributed by atoms with Crippen LogP contribution in [-0.2, 0) is 11.3 Å². The predicted molar refractivity (Wildman–Crippen MR) is 153 cm³/mol. The van der Waals surface area contributed by atoms with Crippen molar-refractivity contribution in [1.82, 2.24) is 0 Å². The molecule has 1 saturated carbocycles. The third kappa shape index (κ3) is 7.91. The summed E-state index contributed by atoms with van der Waals surface area (Å²) < 4.78 is 76.2. The van der Waals surface area contributed by atoms with Crippen LogP contribution in [0, 0.1) is 23.3 Å². The lowest BCUT2D eigenvalue weighted by Crippen LogP contribution is -2.21. The van der Waals surface area contributed by atoms with E-state index in [0.717, 1.165) is 19.3 Å². The molecule has 0 saturated heterocycles. The summed E-state index contributed by atoms with van der Waals surface area (Å²) in [5.74, 6) is -3.21. The number of unbranched alkanes of at least 4 members (excludes halogenated alkanes) is 2. The lowest BCUT2D eigenvalue weighted by molar-refractivity contribution is 0.0116. The van der Waals surface area contributed by atoms with E-state index in [9.17, 15) is 17.6 Å². The number of allylic oxidation sites excluding steroid dienone is 1. The van der Waals surface area contributed by atoms with Crippen molar-refractivity contribution in [3.8, 4) is 22.6 Å². The highest BCUT2D eigenvalue weighted by Crippen LogP contribution is 2.38. The highest BCUT2D eigenvalue weighted by atomic mass is 19.2. The molecule has 41 heavy (non-hydrogen) atoms. The maximum absolute atomic E-state index is 15.0. The van der Waals surface area contributed by atoms with Crippen molar-refractivity contribution in [2.24, 2.45) is 0 Å². The van der Waals surface area contributed by atoms with Crippen molar-refractivity contribution < 1.29 is 31.8 Å². The van der Waals surface area contributed by atoms with Crippen LogP contribution in [0.5, 0.6) is 11.5 Å². The van der Waals surface area contributed by atoms with E-state index >= 15 is 0 Å². The molecule has 0 amide bonds. The molecular weight excluding hydrogens is 532 g/mol. The maximum Gasteiger partial charge on any atom is 0.200 e. The summed E-state index contributed by atoms with van der Waals surface area (Å²) in [6, 6.07) is 13.1. The summed E-state index contributed by atoms with van der Waals surface area (Å²) in [5, 5.41) is 0. The van der Waals surface area contributed by atoms with Crippen molar-refractivity contribution >= 4 is 0 Å². The van der Waals surface area contributed by atoms with E-state index in [1.165, 1.54) is 6.07 Å². The molecule has 0 radical (unpaired) electrons. The Balaban J connectivity index is 1.30. The first kappa shape index (κ1) is 30.6. The number of rotatable bonds is 14. The van der Waals surface area contributed by atoms with Crippen molar-refractivity contribution in [3.05, 3.63) is 95.6 Å². The van der Waals surface area contributed by atoms with E-state index in [1.807, 2.05) is 0 Å². The van der Waals surface area contributed by atoms with Crippen LogP contribution < -0.4 is 9.47 Å². The molecular formula is C34H38F4O3. The maximum atomic E-state index is 15.0. The van der Waals surface area contributed by atoms with Crippen molar-refractivity contribution in [2.75, 3.05) is 13.2 Å². The molecule has 4 rings (SSSR count). The second-order valence-electron chi connectivity index (χ2n) is 10.5. The van der Waals surface area contributed by atoms with Crippen LogP contribution in [0.25, 0.3) is 11.1 Å². The number of hydrogen-bond donors (Lipinski definition) is 0. The van der Waals surface area contributed by atoms with Gasteiger partial charge >= 0.3 is 0 Å². The molecule has 0 spiro atoms. The van der Waals surface area contributed by atoms with Crippen molar-refractivity contribution in [3.63, 3.8) is 0 Å². The molecule has 7 heteroatoms. The lowest BCUT2D eigenvalue weighted by Gasteiger charge is -2.29. The summed E-state index contributed by atoms with van der Waals surface area (Å²) in [6.45, 7) is 6.55. The van der Waals surface area contributed by atoms with Gasteiger partial charge in [-0.05, 0) is 80.2 Å². The number of hydrogen-bond acceptors (Lipinski definition) is 3. The number of halogens is 4. The topological polar surface area (TPSA) is 27.7 Å². The first-order chi connectivity index (χ1) is 19.9. The molecule has 0 heterocycles. The van der Waals surface area contributed by atoms with Crippen LogP contribution in [0.4, 0.5) is 17.6 Å². The summed E-state index contributed by atoms with van der Waals surface area (Å²) in [4.78, 5) is 0. The standard InChI is InChI=1S/C34H38F4O3/c1-3-5-7-21-40-30-19-18-29(33(37)34(30)38)24-10-15-27(16-11-24)41-22-25-12-17-28(32(36)31(25)35)23-8-13-26(14-9-23)39-20-6-4-2/h3,8-9,12-14,17-19,24,27H,1,4-7,10-11,15-16,20-22H2,2H3. The smallest absolute Gasteiger partial charge is 0.200 e. The number of benzene rings is 3. The quantitative estimate of drug-likeness (QED) is 0.110. The third-order valence-corrected chi connectivity index (χ3v) is 7.57. The Labute approximate surface area is 240 Å². The van der Waals surface area contributed by atoms with Crippen LogP contribution in [0.2, 0.25) is 0 Å². The van der Waals surface area contributed by atoms with Crippen molar-refractivity contribution in [1.29, 1.82) is 0 Å². The molecule has 0 aliphatic heterocycles. The molecule has 1 fully saturated rings. The largest absolute Gasteiger partial charge is 0.494 e. The van der Waals surface area contributed by atoms with Crippen LogP contribution >= 0.6 is 0 Å². The zero-order valence-corrected chi connectivity index (χ0v) is 23.6. The van der Waals surface area contributed by atoms with Gasteiger partial charge in [0.15, 0.2) is 23.2 Å². The lowest BCUT2D eigenvalue weighted by atomic mass is 9.82. The zero-order valence-electron chi connectivity index (χ0n) is 23.6. The summed E-state index contributed by atoms with van der Waals surface area (Å²) in [6.07, 6.45) is 7.41. The molecule has 3 aromatic rings. The second kappa shape index (κ2) is 15.1. The van der Waals surface area contributed by atoms with Crippen LogP contribution in [0.1, 0.15) is 75.3 Å². The van der Waals surface area contributed by atoms with Gasteiger partial charge in [-0.25, -0.2) is 13.2 Å². The van der Waals surface area contributed by atoms with Gasteiger partial charge in [-0.2, -0.15) is 4.39 Å². The summed E-state index contributed by atoms with van der Waals surface area (Å²) >= 11 is 0. The van der Waals surface area contributed by atoms with Gasteiger partial charge in [0.25, 0.3) is 0 Å². The Kier molecular flexibility index (Phi) is 11.3. The molecule has 1 aliphatic rings. The summed E-state index contributed by atoms with van der Waals surface area (Å²) in [5.41, 5.74) is 1.22. The molecule has 3 aromatic carbocycles. The highest BCUT2D eigenvalue weighted by Gasteiger charge is 2.27. The van der Waals surface area contributed by atoms with Gasteiger partial charge in [0.1, 0.15) is 5.75 Å². The van der Waals surface area contributed by atoms with Gasteiger partial charge in [0.2, 0.25) is 5.82 Å². The van der Waals surface area contributed by atoms with E-state index in [4.69, 9.17) is 14.2 Å². The first-order valence-corrected chi connectivity index (χ1v) is 14.5. The van der Waals surface area contributed by atoms with Gasteiger partial charge in [0, 0.05) is 11.1 Å².